The van der Waals surface area contributed by atoms with Gasteiger partial charge in [-0.05, 0) is 0 Å². The maximum absolute atomic E-state index is 10.3. The molecule has 0 aromatic carbocycles. The smallest absolute Gasteiger partial charge is 0.312 e. The van der Waals surface area contributed by atoms with Crippen molar-refractivity contribution < 1.29 is 4.79 Å². The summed E-state index contributed by atoms with van der Waals surface area (Å²) in [5.74, 6) is 1.05. The molecule has 0 saturated heterocycles. The first-order valence-electron chi connectivity index (χ1n) is 4.90. The third kappa shape index (κ3) is 4.46. The number of carbonyl (C=O) groups excluding carboxylic acids is 1. The van der Waals surface area contributed by atoms with E-state index < -0.39 is 6.03 Å². The fraction of sp³-hybridized carbons (Fsp3) is 0.556. The van der Waals surface area contributed by atoms with Crippen LogP contribution < -0.4 is 16.4 Å². The zero-order chi connectivity index (χ0) is 11.1. The van der Waals surface area contributed by atoms with E-state index in [1.165, 1.54) is 0 Å². The Morgan fingerprint density at radius 1 is 1.53 bits per heavy atom. The zero-order valence-corrected chi connectivity index (χ0v) is 8.86. The number of carbonyl (C=O) groups is 1. The second-order valence-corrected chi connectivity index (χ2v) is 3.25. The minimum absolute atomic E-state index is 0.485. The largest absolute Gasteiger partial charge is 0.352 e. The number of nitrogens with zero attached hydrogens (tertiary/aromatic N) is 2. The van der Waals surface area contributed by atoms with Crippen LogP contribution in [0.25, 0.3) is 0 Å². The molecule has 0 saturated carbocycles. The van der Waals surface area contributed by atoms with Gasteiger partial charge < -0.3 is 20.9 Å². The number of imidazole rings is 1. The summed E-state index contributed by atoms with van der Waals surface area (Å²) in [6.45, 7) is 2.11. The van der Waals surface area contributed by atoms with Crippen LogP contribution in [0.4, 0.5) is 4.79 Å². The summed E-state index contributed by atoms with van der Waals surface area (Å²) in [6.07, 6.45) is 4.58. The Morgan fingerprint density at radius 2 is 2.33 bits per heavy atom. The van der Waals surface area contributed by atoms with E-state index in [1.54, 1.807) is 6.20 Å². The van der Waals surface area contributed by atoms with Crippen molar-refractivity contribution in [2.24, 2.45) is 12.8 Å². The summed E-state index contributed by atoms with van der Waals surface area (Å²) in [4.78, 5) is 14.5. The predicted molar refractivity (Wildman–Crippen MR) is 57.4 cm³/mol. The number of rotatable bonds is 6. The summed E-state index contributed by atoms with van der Waals surface area (Å²) in [5, 5.41) is 5.69. The molecule has 0 atom stereocenters. The molecule has 4 N–H and O–H groups in total. The molecule has 1 aromatic rings. The van der Waals surface area contributed by atoms with E-state index in [-0.39, 0.29) is 0 Å². The van der Waals surface area contributed by atoms with E-state index in [4.69, 9.17) is 5.73 Å². The topological polar surface area (TPSA) is 85.0 Å². The molecule has 0 fully saturated rings. The monoisotopic (exact) mass is 211 g/mol. The van der Waals surface area contributed by atoms with Crippen molar-refractivity contribution in [3.8, 4) is 0 Å². The number of primary amides is 1. The van der Waals surface area contributed by atoms with Crippen LogP contribution in [-0.4, -0.2) is 35.2 Å². The Bertz CT molecular complexity index is 309. The Kier molecular flexibility index (Phi) is 4.62. The van der Waals surface area contributed by atoms with Gasteiger partial charge in [0.05, 0.1) is 0 Å². The van der Waals surface area contributed by atoms with Crippen molar-refractivity contribution in [1.29, 1.82) is 0 Å². The highest BCUT2D eigenvalue weighted by Gasteiger charge is 1.97. The standard InChI is InChI=1S/C9H17N5O/c1-14-7-6-12-8(14)2-3-11-4-5-13-9(10)15/h6-7,11H,2-5H2,1H3,(H3,10,13,15). The van der Waals surface area contributed by atoms with Gasteiger partial charge in [0.1, 0.15) is 5.82 Å². The highest BCUT2D eigenvalue weighted by molar-refractivity contribution is 5.71. The van der Waals surface area contributed by atoms with Gasteiger partial charge in [0.25, 0.3) is 0 Å². The molecule has 84 valence electrons. The van der Waals surface area contributed by atoms with Gasteiger partial charge >= 0.3 is 6.03 Å². The lowest BCUT2D eigenvalue weighted by molar-refractivity contribution is 0.249. The lowest BCUT2D eigenvalue weighted by atomic mass is 10.4. The lowest BCUT2D eigenvalue weighted by Gasteiger charge is -2.05. The molecule has 0 radical (unpaired) electrons. The second kappa shape index (κ2) is 6.02. The molecule has 1 heterocycles. The highest BCUT2D eigenvalue weighted by atomic mass is 16.2. The maximum Gasteiger partial charge on any atom is 0.312 e. The summed E-state index contributed by atoms with van der Waals surface area (Å²) < 4.78 is 1.99. The number of nitrogens with one attached hydrogen (secondary N) is 2. The van der Waals surface area contributed by atoms with Crippen LogP contribution >= 0.6 is 0 Å². The van der Waals surface area contributed by atoms with Gasteiger partial charge in [-0.3, -0.25) is 0 Å². The fourth-order valence-corrected chi connectivity index (χ4v) is 1.24. The van der Waals surface area contributed by atoms with E-state index in [9.17, 15) is 4.79 Å². The van der Waals surface area contributed by atoms with Crippen molar-refractivity contribution in [2.75, 3.05) is 19.6 Å². The number of nitrogens with two attached hydrogens (primary N) is 1. The van der Waals surface area contributed by atoms with Crippen LogP contribution in [0, 0.1) is 0 Å². The maximum atomic E-state index is 10.3. The van der Waals surface area contributed by atoms with E-state index in [1.807, 2.05) is 17.8 Å². The van der Waals surface area contributed by atoms with Gasteiger partial charge in [0.2, 0.25) is 0 Å². The van der Waals surface area contributed by atoms with Crippen molar-refractivity contribution in [2.45, 2.75) is 6.42 Å². The fourth-order valence-electron chi connectivity index (χ4n) is 1.24. The number of aromatic nitrogens is 2. The molecular formula is C9H17N5O. The molecule has 0 aliphatic rings. The van der Waals surface area contributed by atoms with Gasteiger partial charge in [-0.1, -0.05) is 0 Å². The SMILES string of the molecule is Cn1ccnc1CCNCCNC(N)=O. The van der Waals surface area contributed by atoms with Gasteiger partial charge in [-0.2, -0.15) is 0 Å². The van der Waals surface area contributed by atoms with Crippen molar-refractivity contribution in [3.05, 3.63) is 18.2 Å². The van der Waals surface area contributed by atoms with Crippen molar-refractivity contribution in [1.82, 2.24) is 20.2 Å². The second-order valence-electron chi connectivity index (χ2n) is 3.25. The van der Waals surface area contributed by atoms with Crippen LogP contribution in [0.5, 0.6) is 0 Å². The summed E-state index contributed by atoms with van der Waals surface area (Å²) in [5.41, 5.74) is 4.91. The molecule has 15 heavy (non-hydrogen) atoms. The minimum atomic E-state index is -0.485. The van der Waals surface area contributed by atoms with E-state index in [0.717, 1.165) is 18.8 Å². The third-order valence-electron chi connectivity index (χ3n) is 2.05. The van der Waals surface area contributed by atoms with E-state index in [0.29, 0.717) is 13.1 Å². The van der Waals surface area contributed by atoms with E-state index >= 15 is 0 Å². The van der Waals surface area contributed by atoms with Gasteiger partial charge in [-0.25, -0.2) is 9.78 Å². The lowest BCUT2D eigenvalue weighted by Crippen LogP contribution is -2.35. The van der Waals surface area contributed by atoms with Crippen molar-refractivity contribution >= 4 is 6.03 Å². The summed E-state index contributed by atoms with van der Waals surface area (Å²) in [7, 11) is 1.97. The number of hydrogen-bond acceptors (Lipinski definition) is 3. The Hall–Kier alpha value is -1.56. The Labute approximate surface area is 88.9 Å². The molecule has 1 rings (SSSR count). The zero-order valence-electron chi connectivity index (χ0n) is 8.86. The van der Waals surface area contributed by atoms with Gasteiger partial charge in [0.15, 0.2) is 0 Å². The first-order valence-corrected chi connectivity index (χ1v) is 4.90. The number of amides is 2. The first kappa shape index (κ1) is 11.5. The molecule has 0 unspecified atom stereocenters. The third-order valence-corrected chi connectivity index (χ3v) is 2.05. The van der Waals surface area contributed by atoms with Crippen LogP contribution in [0.15, 0.2) is 12.4 Å². The normalized spacial score (nSPS) is 10.2. The molecule has 0 aliphatic heterocycles. The average Bonchev–Trinajstić information content (AvgIpc) is 2.57. The van der Waals surface area contributed by atoms with Gasteiger partial charge in [-0.15, -0.1) is 0 Å². The molecule has 6 heteroatoms. The number of aryl methyl sites for hydroxylation is 1. The van der Waals surface area contributed by atoms with Gasteiger partial charge in [0, 0.05) is 45.5 Å². The first-order chi connectivity index (χ1) is 7.20. The molecule has 0 spiro atoms. The molecule has 2 amide bonds. The molecule has 0 aliphatic carbocycles. The Morgan fingerprint density at radius 3 is 2.93 bits per heavy atom. The van der Waals surface area contributed by atoms with Crippen molar-refractivity contribution in [3.63, 3.8) is 0 Å². The van der Waals surface area contributed by atoms with Crippen LogP contribution in [0.3, 0.4) is 0 Å². The highest BCUT2D eigenvalue weighted by Crippen LogP contribution is 1.93. The predicted octanol–water partition coefficient (Wildman–Crippen LogP) is -0.779. The van der Waals surface area contributed by atoms with Crippen LogP contribution in [0.2, 0.25) is 0 Å². The average molecular weight is 211 g/mol. The Balaban J connectivity index is 2.03. The minimum Gasteiger partial charge on any atom is -0.352 e. The molecular weight excluding hydrogens is 194 g/mol. The van der Waals surface area contributed by atoms with Crippen LogP contribution in [-0.2, 0) is 13.5 Å². The number of urea groups is 1. The molecule has 6 nitrogen and oxygen atoms in total. The molecule has 1 aromatic heterocycles. The quantitative estimate of drug-likeness (QED) is 0.540. The number of hydrogen-bond donors (Lipinski definition) is 3. The molecule has 0 bridgehead atoms. The summed E-state index contributed by atoms with van der Waals surface area (Å²) in [6, 6.07) is -0.485. The summed E-state index contributed by atoms with van der Waals surface area (Å²) >= 11 is 0. The van der Waals surface area contributed by atoms with Crippen LogP contribution in [0.1, 0.15) is 5.82 Å². The van der Waals surface area contributed by atoms with E-state index in [2.05, 4.69) is 15.6 Å².